The molecule has 0 aliphatic rings. The Morgan fingerprint density at radius 3 is 2.86 bits per heavy atom. The summed E-state index contributed by atoms with van der Waals surface area (Å²) in [6.07, 6.45) is 1.04. The lowest BCUT2D eigenvalue weighted by Gasteiger charge is -1.96. The van der Waals surface area contributed by atoms with Crippen molar-refractivity contribution in [2.75, 3.05) is 6.61 Å². The SMILES string of the molecule is O=Cc1ccc(O)c(C#CCCO)c1. The largest absolute Gasteiger partial charge is 0.507 e. The van der Waals surface area contributed by atoms with Crippen LogP contribution in [0, 0.1) is 11.8 Å². The number of phenolic OH excluding ortho intramolecular Hbond substituents is 1. The Morgan fingerprint density at radius 2 is 2.21 bits per heavy atom. The molecule has 72 valence electrons. The molecule has 3 nitrogen and oxygen atoms in total. The van der Waals surface area contributed by atoms with Crippen molar-refractivity contribution in [1.29, 1.82) is 0 Å². The summed E-state index contributed by atoms with van der Waals surface area (Å²) in [6.45, 7) is -0.0128. The number of hydrogen-bond donors (Lipinski definition) is 2. The molecule has 0 fully saturated rings. The van der Waals surface area contributed by atoms with E-state index in [0.29, 0.717) is 23.8 Å². The molecule has 0 aromatic heterocycles. The van der Waals surface area contributed by atoms with Gasteiger partial charge in [-0.05, 0) is 18.2 Å². The zero-order chi connectivity index (χ0) is 10.4. The maximum atomic E-state index is 10.4. The van der Waals surface area contributed by atoms with E-state index < -0.39 is 0 Å². The average molecular weight is 190 g/mol. The highest BCUT2D eigenvalue weighted by atomic mass is 16.3. The normalized spacial score (nSPS) is 8.93. The number of aliphatic hydroxyl groups is 1. The van der Waals surface area contributed by atoms with Gasteiger partial charge in [-0.1, -0.05) is 11.8 Å². The van der Waals surface area contributed by atoms with E-state index in [9.17, 15) is 9.90 Å². The zero-order valence-electron chi connectivity index (χ0n) is 7.53. The molecule has 1 aromatic rings. The van der Waals surface area contributed by atoms with Crippen LogP contribution in [0.2, 0.25) is 0 Å². The summed E-state index contributed by atoms with van der Waals surface area (Å²) in [4.78, 5) is 10.4. The fraction of sp³-hybridized carbons (Fsp3) is 0.182. The molecule has 2 N–H and O–H groups in total. The molecule has 0 heterocycles. The minimum absolute atomic E-state index is 0.0128. The van der Waals surface area contributed by atoms with Crippen LogP contribution in [0.4, 0.5) is 0 Å². The third kappa shape index (κ3) is 2.61. The minimum Gasteiger partial charge on any atom is -0.507 e. The van der Waals surface area contributed by atoms with Crippen molar-refractivity contribution < 1.29 is 15.0 Å². The number of aliphatic hydroxyl groups excluding tert-OH is 1. The van der Waals surface area contributed by atoms with E-state index in [0.717, 1.165) is 0 Å². The Kier molecular flexibility index (Phi) is 3.71. The van der Waals surface area contributed by atoms with Gasteiger partial charge >= 0.3 is 0 Å². The molecule has 1 rings (SSSR count). The van der Waals surface area contributed by atoms with Gasteiger partial charge in [-0.2, -0.15) is 0 Å². The molecule has 0 bridgehead atoms. The van der Waals surface area contributed by atoms with E-state index in [1.165, 1.54) is 18.2 Å². The lowest BCUT2D eigenvalue weighted by molar-refractivity contribution is 0.112. The first kappa shape index (κ1) is 10.3. The van der Waals surface area contributed by atoms with E-state index in [-0.39, 0.29) is 12.4 Å². The smallest absolute Gasteiger partial charge is 0.150 e. The summed E-state index contributed by atoms with van der Waals surface area (Å²) < 4.78 is 0. The summed E-state index contributed by atoms with van der Waals surface area (Å²) in [5.41, 5.74) is 0.874. The molecule has 0 saturated heterocycles. The number of benzene rings is 1. The van der Waals surface area contributed by atoms with Crippen molar-refractivity contribution in [2.24, 2.45) is 0 Å². The maximum Gasteiger partial charge on any atom is 0.150 e. The molecule has 0 aliphatic heterocycles. The first-order chi connectivity index (χ1) is 6.77. The van der Waals surface area contributed by atoms with Crippen molar-refractivity contribution in [1.82, 2.24) is 0 Å². The summed E-state index contributed by atoms with van der Waals surface area (Å²) in [6, 6.07) is 4.44. The number of aldehydes is 1. The van der Waals surface area contributed by atoms with Crippen LogP contribution in [0.3, 0.4) is 0 Å². The second kappa shape index (κ2) is 5.05. The minimum atomic E-state index is -0.0128. The standard InChI is InChI=1S/C11H10O3/c12-6-2-1-3-10-7-9(8-13)4-5-11(10)14/h4-5,7-8,12,14H,2,6H2. The lowest BCUT2D eigenvalue weighted by Crippen LogP contribution is -1.83. The zero-order valence-corrected chi connectivity index (χ0v) is 7.53. The summed E-state index contributed by atoms with van der Waals surface area (Å²) in [5.74, 6) is 5.38. The molecule has 1 aromatic carbocycles. The van der Waals surface area contributed by atoms with E-state index >= 15 is 0 Å². The third-order valence-electron chi connectivity index (χ3n) is 1.62. The molecular weight excluding hydrogens is 180 g/mol. The van der Waals surface area contributed by atoms with Gasteiger partial charge in [0, 0.05) is 12.0 Å². The Hall–Kier alpha value is -1.79. The van der Waals surface area contributed by atoms with Crippen LogP contribution in [0.25, 0.3) is 0 Å². The van der Waals surface area contributed by atoms with Crippen LogP contribution in [0.1, 0.15) is 22.3 Å². The fourth-order valence-corrected chi connectivity index (χ4v) is 0.941. The van der Waals surface area contributed by atoms with Gasteiger partial charge in [0.15, 0.2) is 0 Å². The maximum absolute atomic E-state index is 10.4. The van der Waals surface area contributed by atoms with Crippen LogP contribution in [-0.4, -0.2) is 23.1 Å². The van der Waals surface area contributed by atoms with Gasteiger partial charge in [-0.15, -0.1) is 0 Å². The Morgan fingerprint density at radius 1 is 1.43 bits per heavy atom. The molecule has 3 heteroatoms. The van der Waals surface area contributed by atoms with Gasteiger partial charge in [0.25, 0.3) is 0 Å². The van der Waals surface area contributed by atoms with Gasteiger partial charge in [0.2, 0.25) is 0 Å². The number of phenols is 1. The fourth-order valence-electron chi connectivity index (χ4n) is 0.941. The topological polar surface area (TPSA) is 57.5 Å². The number of carbonyl (C=O) groups excluding carboxylic acids is 1. The van der Waals surface area contributed by atoms with Gasteiger partial charge < -0.3 is 10.2 Å². The van der Waals surface area contributed by atoms with E-state index in [4.69, 9.17) is 5.11 Å². The van der Waals surface area contributed by atoms with Crippen LogP contribution in [0.5, 0.6) is 5.75 Å². The summed E-state index contributed by atoms with van der Waals surface area (Å²) in [7, 11) is 0. The quantitative estimate of drug-likeness (QED) is 0.539. The molecule has 0 spiro atoms. The van der Waals surface area contributed by atoms with Crippen molar-refractivity contribution in [3.8, 4) is 17.6 Å². The van der Waals surface area contributed by atoms with E-state index in [1.54, 1.807) is 0 Å². The average Bonchev–Trinajstić information content (AvgIpc) is 2.21. The second-order valence-electron chi connectivity index (χ2n) is 2.67. The van der Waals surface area contributed by atoms with Gasteiger partial charge in [-0.3, -0.25) is 4.79 Å². The van der Waals surface area contributed by atoms with Gasteiger partial charge in [0.1, 0.15) is 12.0 Å². The summed E-state index contributed by atoms with van der Waals surface area (Å²) >= 11 is 0. The highest BCUT2D eigenvalue weighted by Gasteiger charge is 1.98. The second-order valence-corrected chi connectivity index (χ2v) is 2.67. The van der Waals surface area contributed by atoms with Crippen LogP contribution >= 0.6 is 0 Å². The summed E-state index contributed by atoms with van der Waals surface area (Å²) in [5, 5.41) is 17.8. The number of carbonyl (C=O) groups is 1. The van der Waals surface area contributed by atoms with E-state index in [1.807, 2.05) is 0 Å². The Balaban J connectivity index is 2.96. The molecule has 14 heavy (non-hydrogen) atoms. The van der Waals surface area contributed by atoms with Crippen LogP contribution < -0.4 is 0 Å². The highest BCUT2D eigenvalue weighted by Crippen LogP contribution is 2.16. The van der Waals surface area contributed by atoms with E-state index in [2.05, 4.69) is 11.8 Å². The highest BCUT2D eigenvalue weighted by molar-refractivity contribution is 5.76. The molecular formula is C11H10O3. The molecule has 0 amide bonds. The van der Waals surface area contributed by atoms with Crippen molar-refractivity contribution in [3.05, 3.63) is 29.3 Å². The monoisotopic (exact) mass is 190 g/mol. The molecule has 0 atom stereocenters. The van der Waals surface area contributed by atoms with Crippen molar-refractivity contribution >= 4 is 6.29 Å². The van der Waals surface area contributed by atoms with Crippen LogP contribution in [0.15, 0.2) is 18.2 Å². The third-order valence-corrected chi connectivity index (χ3v) is 1.62. The molecule has 0 unspecified atom stereocenters. The number of rotatable bonds is 2. The van der Waals surface area contributed by atoms with Crippen molar-refractivity contribution in [3.63, 3.8) is 0 Å². The molecule has 0 radical (unpaired) electrons. The molecule has 0 saturated carbocycles. The Labute approximate surface area is 82.0 Å². The first-order valence-corrected chi connectivity index (χ1v) is 4.16. The van der Waals surface area contributed by atoms with Gasteiger partial charge in [0.05, 0.1) is 12.2 Å². The van der Waals surface area contributed by atoms with Crippen molar-refractivity contribution in [2.45, 2.75) is 6.42 Å². The number of hydrogen-bond acceptors (Lipinski definition) is 3. The number of aromatic hydroxyl groups is 1. The lowest BCUT2D eigenvalue weighted by atomic mass is 10.1. The predicted molar refractivity (Wildman–Crippen MR) is 52.1 cm³/mol. The first-order valence-electron chi connectivity index (χ1n) is 4.16. The van der Waals surface area contributed by atoms with Gasteiger partial charge in [-0.25, -0.2) is 0 Å². The van der Waals surface area contributed by atoms with Crippen LogP contribution in [-0.2, 0) is 0 Å². The molecule has 0 aliphatic carbocycles. The predicted octanol–water partition coefficient (Wildman–Crippen LogP) is 0.939. The Bertz CT molecular complexity index is 385.